The van der Waals surface area contributed by atoms with Crippen molar-refractivity contribution in [1.29, 1.82) is 0 Å². The highest BCUT2D eigenvalue weighted by Gasteiger charge is 2.29. The molecule has 0 aromatic carbocycles. The van der Waals surface area contributed by atoms with Gasteiger partial charge in [0.25, 0.3) is 5.91 Å². The molecular weight excluding hydrogens is 324 g/mol. The molecule has 0 radical (unpaired) electrons. The Bertz CT molecular complexity index is 682. The third-order valence-electron chi connectivity index (χ3n) is 4.75. The monoisotopic (exact) mass is 346 g/mol. The van der Waals surface area contributed by atoms with E-state index in [0.29, 0.717) is 0 Å². The number of fused-ring (bicyclic) bond motifs is 1. The van der Waals surface area contributed by atoms with Crippen LogP contribution in [0.15, 0.2) is 24.5 Å². The maximum atomic E-state index is 13.3. The molecule has 2 aliphatic rings. The Morgan fingerprint density at radius 1 is 1.04 bits per heavy atom. The van der Waals surface area contributed by atoms with Crippen LogP contribution in [0.2, 0.25) is 0 Å². The third kappa shape index (κ3) is 2.96. The first-order chi connectivity index (χ1) is 11.3. The maximum Gasteiger partial charge on any atom is 0.257 e. The van der Waals surface area contributed by atoms with Gasteiger partial charge in [-0.2, -0.15) is 11.8 Å². The second-order valence-electron chi connectivity index (χ2n) is 6.28. The molecule has 3 nitrogen and oxygen atoms in total. The number of likely N-dealkylation sites (tertiary alicyclic amines) is 1. The van der Waals surface area contributed by atoms with E-state index in [9.17, 15) is 4.79 Å². The summed E-state index contributed by atoms with van der Waals surface area (Å²) < 4.78 is 2.12. The van der Waals surface area contributed by atoms with E-state index in [2.05, 4.69) is 21.9 Å². The standard InChI is InChI=1S/C18H22N2OS2/c21-17(19-8-3-1-2-4-9-19)16-14-7-12-22-13-15(14)23-18(16)20-10-5-6-11-20/h5-6,10-11H,1-4,7-9,12-13H2. The predicted molar refractivity (Wildman–Crippen MR) is 97.9 cm³/mol. The molecule has 0 atom stereocenters. The van der Waals surface area contributed by atoms with Crippen LogP contribution in [-0.2, 0) is 12.2 Å². The summed E-state index contributed by atoms with van der Waals surface area (Å²) in [7, 11) is 0. The molecule has 0 saturated carbocycles. The van der Waals surface area contributed by atoms with Crippen molar-refractivity contribution in [2.24, 2.45) is 0 Å². The van der Waals surface area contributed by atoms with Crippen molar-refractivity contribution in [3.05, 3.63) is 40.5 Å². The summed E-state index contributed by atoms with van der Waals surface area (Å²) in [6.07, 6.45) is 9.96. The van der Waals surface area contributed by atoms with E-state index < -0.39 is 0 Å². The first-order valence-electron chi connectivity index (χ1n) is 8.49. The van der Waals surface area contributed by atoms with Crippen LogP contribution in [-0.4, -0.2) is 34.2 Å². The molecular formula is C18H22N2OS2. The van der Waals surface area contributed by atoms with Crippen LogP contribution in [0.4, 0.5) is 0 Å². The molecule has 0 spiro atoms. The number of rotatable bonds is 2. The number of carbonyl (C=O) groups is 1. The Balaban J connectivity index is 1.76. The molecule has 2 aromatic heterocycles. The maximum absolute atomic E-state index is 13.3. The van der Waals surface area contributed by atoms with Crippen molar-refractivity contribution < 1.29 is 4.79 Å². The minimum atomic E-state index is 0.264. The lowest BCUT2D eigenvalue weighted by Crippen LogP contribution is -2.33. The van der Waals surface area contributed by atoms with Crippen LogP contribution in [0.3, 0.4) is 0 Å². The molecule has 4 rings (SSSR count). The molecule has 1 fully saturated rings. The van der Waals surface area contributed by atoms with Crippen molar-refractivity contribution in [2.75, 3.05) is 18.8 Å². The summed E-state index contributed by atoms with van der Waals surface area (Å²) in [6.45, 7) is 1.84. The van der Waals surface area contributed by atoms with Crippen molar-refractivity contribution in [2.45, 2.75) is 37.9 Å². The van der Waals surface area contributed by atoms with Crippen molar-refractivity contribution >= 4 is 29.0 Å². The van der Waals surface area contributed by atoms with Gasteiger partial charge in [0.15, 0.2) is 0 Å². The largest absolute Gasteiger partial charge is 0.339 e. The van der Waals surface area contributed by atoms with Gasteiger partial charge in [0, 0.05) is 36.1 Å². The fourth-order valence-corrected chi connectivity index (χ4v) is 5.96. The van der Waals surface area contributed by atoms with E-state index in [1.807, 2.05) is 35.2 Å². The van der Waals surface area contributed by atoms with Gasteiger partial charge in [0.2, 0.25) is 0 Å². The molecule has 0 aliphatic carbocycles. The number of thioether (sulfide) groups is 1. The molecule has 1 amide bonds. The minimum Gasteiger partial charge on any atom is -0.339 e. The Morgan fingerprint density at radius 2 is 1.78 bits per heavy atom. The van der Waals surface area contributed by atoms with E-state index >= 15 is 0 Å². The summed E-state index contributed by atoms with van der Waals surface area (Å²) in [4.78, 5) is 16.8. The quantitative estimate of drug-likeness (QED) is 0.808. The number of nitrogens with zero attached hydrogens (tertiary/aromatic N) is 2. The van der Waals surface area contributed by atoms with Gasteiger partial charge in [-0.05, 0) is 42.7 Å². The Hall–Kier alpha value is -1.20. The summed E-state index contributed by atoms with van der Waals surface area (Å²) >= 11 is 3.80. The van der Waals surface area contributed by atoms with Gasteiger partial charge in [0.05, 0.1) is 5.56 Å². The highest BCUT2D eigenvalue weighted by atomic mass is 32.2. The molecule has 2 aliphatic heterocycles. The Kier molecular flexibility index (Phi) is 4.49. The first kappa shape index (κ1) is 15.3. The van der Waals surface area contributed by atoms with E-state index in [1.54, 1.807) is 0 Å². The highest BCUT2D eigenvalue weighted by molar-refractivity contribution is 7.98. The third-order valence-corrected chi connectivity index (χ3v) is 7.16. The average molecular weight is 347 g/mol. The molecule has 0 unspecified atom stereocenters. The van der Waals surface area contributed by atoms with E-state index in [0.717, 1.165) is 54.4 Å². The molecule has 0 N–H and O–H groups in total. The zero-order valence-electron chi connectivity index (χ0n) is 13.3. The van der Waals surface area contributed by atoms with Gasteiger partial charge in [-0.1, -0.05) is 12.8 Å². The smallest absolute Gasteiger partial charge is 0.257 e. The lowest BCUT2D eigenvalue weighted by atomic mass is 10.1. The highest BCUT2D eigenvalue weighted by Crippen LogP contribution is 2.39. The molecule has 1 saturated heterocycles. The molecule has 122 valence electrons. The lowest BCUT2D eigenvalue weighted by Gasteiger charge is -2.22. The summed E-state index contributed by atoms with van der Waals surface area (Å²) in [5, 5.41) is 1.12. The van der Waals surface area contributed by atoms with Crippen LogP contribution in [0.25, 0.3) is 5.00 Å². The van der Waals surface area contributed by atoms with Crippen LogP contribution in [0.1, 0.15) is 46.5 Å². The van der Waals surface area contributed by atoms with E-state index in [-0.39, 0.29) is 5.91 Å². The topological polar surface area (TPSA) is 25.2 Å². The number of hydrogen-bond acceptors (Lipinski definition) is 3. The second kappa shape index (κ2) is 6.73. The van der Waals surface area contributed by atoms with Crippen molar-refractivity contribution in [1.82, 2.24) is 9.47 Å². The predicted octanol–water partition coefficient (Wildman–Crippen LogP) is 4.34. The Labute approximate surface area is 145 Å². The fraction of sp³-hybridized carbons (Fsp3) is 0.500. The van der Waals surface area contributed by atoms with Crippen LogP contribution >= 0.6 is 23.1 Å². The zero-order valence-corrected chi connectivity index (χ0v) is 14.9. The van der Waals surface area contributed by atoms with Gasteiger partial charge in [-0.3, -0.25) is 4.79 Å². The average Bonchev–Trinajstić information content (AvgIpc) is 3.14. The second-order valence-corrected chi connectivity index (χ2v) is 8.47. The minimum absolute atomic E-state index is 0.264. The molecule has 5 heteroatoms. The number of hydrogen-bond donors (Lipinski definition) is 0. The van der Waals surface area contributed by atoms with Gasteiger partial charge < -0.3 is 9.47 Å². The van der Waals surface area contributed by atoms with Crippen molar-refractivity contribution in [3.63, 3.8) is 0 Å². The van der Waals surface area contributed by atoms with Crippen LogP contribution in [0, 0.1) is 0 Å². The number of carbonyl (C=O) groups excluding carboxylic acids is 1. The normalized spacial score (nSPS) is 18.5. The number of thiophene rings is 1. The number of aromatic nitrogens is 1. The van der Waals surface area contributed by atoms with Crippen LogP contribution in [0.5, 0.6) is 0 Å². The Morgan fingerprint density at radius 3 is 2.52 bits per heavy atom. The van der Waals surface area contributed by atoms with Crippen molar-refractivity contribution in [3.8, 4) is 5.00 Å². The van der Waals surface area contributed by atoms with Crippen LogP contribution < -0.4 is 0 Å². The zero-order chi connectivity index (χ0) is 15.6. The SMILES string of the molecule is O=C(c1c(-n2cccc2)sc2c1CCSC2)N1CCCCCC1. The van der Waals surface area contributed by atoms with Gasteiger partial charge >= 0.3 is 0 Å². The number of amides is 1. The summed E-state index contributed by atoms with van der Waals surface area (Å²) in [6, 6.07) is 4.07. The lowest BCUT2D eigenvalue weighted by molar-refractivity contribution is 0.0761. The van der Waals surface area contributed by atoms with E-state index in [1.165, 1.54) is 23.3 Å². The molecule has 0 bridgehead atoms. The van der Waals surface area contributed by atoms with Gasteiger partial charge in [0.1, 0.15) is 5.00 Å². The molecule has 4 heterocycles. The molecule has 23 heavy (non-hydrogen) atoms. The van der Waals surface area contributed by atoms with Gasteiger partial charge in [-0.15, -0.1) is 11.3 Å². The first-order valence-corrected chi connectivity index (χ1v) is 10.5. The summed E-state index contributed by atoms with van der Waals surface area (Å²) in [5.41, 5.74) is 2.31. The fourth-order valence-electron chi connectivity index (χ4n) is 3.52. The summed E-state index contributed by atoms with van der Waals surface area (Å²) in [5.74, 6) is 2.46. The van der Waals surface area contributed by atoms with E-state index in [4.69, 9.17) is 0 Å². The molecule has 2 aromatic rings. The van der Waals surface area contributed by atoms with Gasteiger partial charge in [-0.25, -0.2) is 0 Å².